The molecule has 0 fully saturated rings. The van der Waals surface area contributed by atoms with Crippen molar-refractivity contribution in [2.24, 2.45) is 5.92 Å². The van der Waals surface area contributed by atoms with E-state index in [1.54, 1.807) is 12.1 Å². The molecule has 0 bridgehead atoms. The fourth-order valence-electron chi connectivity index (χ4n) is 1.82. The summed E-state index contributed by atoms with van der Waals surface area (Å²) in [4.78, 5) is 0. The van der Waals surface area contributed by atoms with Gasteiger partial charge in [0.05, 0.1) is 0 Å². The molecule has 0 aliphatic carbocycles. The van der Waals surface area contributed by atoms with Crippen LogP contribution in [0, 0.1) is 11.7 Å². The van der Waals surface area contributed by atoms with Crippen molar-refractivity contribution in [3.8, 4) is 0 Å². The van der Waals surface area contributed by atoms with Crippen LogP contribution in [0.5, 0.6) is 0 Å². The van der Waals surface area contributed by atoms with Gasteiger partial charge in [0.25, 0.3) is 0 Å². The van der Waals surface area contributed by atoms with E-state index in [4.69, 9.17) is 0 Å². The topological polar surface area (TPSA) is 12.0 Å². The van der Waals surface area contributed by atoms with E-state index < -0.39 is 0 Å². The van der Waals surface area contributed by atoms with Crippen LogP contribution >= 0.6 is 11.8 Å². The number of halogens is 1. The van der Waals surface area contributed by atoms with Gasteiger partial charge in [-0.15, -0.1) is 0 Å². The first-order chi connectivity index (χ1) is 7.77. The summed E-state index contributed by atoms with van der Waals surface area (Å²) in [6, 6.07) is 7.08. The molecule has 0 heterocycles. The summed E-state index contributed by atoms with van der Waals surface area (Å²) in [7, 11) is 1.95. The van der Waals surface area contributed by atoms with Gasteiger partial charge in [-0.25, -0.2) is 4.39 Å². The molecule has 0 aliphatic heterocycles. The van der Waals surface area contributed by atoms with Gasteiger partial charge >= 0.3 is 0 Å². The largest absolute Gasteiger partial charge is 0.319 e. The van der Waals surface area contributed by atoms with Crippen LogP contribution in [0.1, 0.15) is 12.0 Å². The molecule has 0 spiro atoms. The fraction of sp³-hybridized carbons (Fsp3) is 0.538. The van der Waals surface area contributed by atoms with Crippen LogP contribution < -0.4 is 5.32 Å². The van der Waals surface area contributed by atoms with Crippen molar-refractivity contribution in [3.63, 3.8) is 0 Å². The average Bonchev–Trinajstić information content (AvgIpc) is 2.29. The molecule has 0 saturated carbocycles. The lowest BCUT2D eigenvalue weighted by atomic mass is 9.96. The smallest absolute Gasteiger partial charge is 0.126 e. The SMILES string of the molecule is CNCC(CCSC)Cc1ccccc1F. The first kappa shape index (κ1) is 13.5. The number of nitrogens with one attached hydrogen (secondary N) is 1. The third kappa shape index (κ3) is 4.54. The highest BCUT2D eigenvalue weighted by atomic mass is 32.2. The molecule has 0 saturated heterocycles. The maximum Gasteiger partial charge on any atom is 0.126 e. The van der Waals surface area contributed by atoms with Gasteiger partial charge in [-0.3, -0.25) is 0 Å². The van der Waals surface area contributed by atoms with Gasteiger partial charge in [0.1, 0.15) is 5.82 Å². The summed E-state index contributed by atoms with van der Waals surface area (Å²) in [5, 5.41) is 3.18. The second-order valence-electron chi connectivity index (χ2n) is 4.00. The van der Waals surface area contributed by atoms with Crippen molar-refractivity contribution in [2.75, 3.05) is 25.6 Å². The van der Waals surface area contributed by atoms with E-state index in [9.17, 15) is 4.39 Å². The third-order valence-electron chi connectivity index (χ3n) is 2.69. The molecule has 1 atom stereocenters. The lowest BCUT2D eigenvalue weighted by molar-refractivity contribution is 0.472. The van der Waals surface area contributed by atoms with Crippen molar-refractivity contribution in [1.82, 2.24) is 5.32 Å². The highest BCUT2D eigenvalue weighted by molar-refractivity contribution is 7.98. The highest BCUT2D eigenvalue weighted by Crippen LogP contribution is 2.16. The van der Waals surface area contributed by atoms with Crippen LogP contribution in [0.4, 0.5) is 4.39 Å². The number of hydrogen-bond acceptors (Lipinski definition) is 2. The van der Waals surface area contributed by atoms with E-state index in [2.05, 4.69) is 11.6 Å². The van der Waals surface area contributed by atoms with Gasteiger partial charge in [-0.05, 0) is 56.0 Å². The zero-order chi connectivity index (χ0) is 11.8. The number of rotatable bonds is 7. The minimum atomic E-state index is -0.0762. The van der Waals surface area contributed by atoms with E-state index in [0.717, 1.165) is 30.7 Å². The molecular weight excluding hydrogens is 221 g/mol. The predicted molar refractivity (Wildman–Crippen MR) is 70.5 cm³/mol. The minimum Gasteiger partial charge on any atom is -0.319 e. The Balaban J connectivity index is 2.56. The van der Waals surface area contributed by atoms with Crippen molar-refractivity contribution < 1.29 is 4.39 Å². The fourth-order valence-corrected chi connectivity index (χ4v) is 2.39. The van der Waals surface area contributed by atoms with E-state index in [0.29, 0.717) is 5.92 Å². The van der Waals surface area contributed by atoms with Crippen LogP contribution in [-0.4, -0.2) is 25.6 Å². The van der Waals surface area contributed by atoms with Crippen LogP contribution in [-0.2, 0) is 6.42 Å². The van der Waals surface area contributed by atoms with E-state index in [-0.39, 0.29) is 5.82 Å². The van der Waals surface area contributed by atoms with Crippen molar-refractivity contribution in [3.05, 3.63) is 35.6 Å². The van der Waals surface area contributed by atoms with Gasteiger partial charge in [0.15, 0.2) is 0 Å². The van der Waals surface area contributed by atoms with Gasteiger partial charge in [0.2, 0.25) is 0 Å². The second kappa shape index (κ2) is 7.69. The van der Waals surface area contributed by atoms with E-state index in [1.807, 2.05) is 30.9 Å². The molecule has 1 aromatic carbocycles. The number of thioether (sulfide) groups is 1. The zero-order valence-corrected chi connectivity index (χ0v) is 10.8. The highest BCUT2D eigenvalue weighted by Gasteiger charge is 2.11. The van der Waals surface area contributed by atoms with Gasteiger partial charge < -0.3 is 5.32 Å². The summed E-state index contributed by atoms with van der Waals surface area (Å²) in [6.07, 6.45) is 4.07. The Morgan fingerprint density at radius 1 is 1.38 bits per heavy atom. The van der Waals surface area contributed by atoms with Crippen molar-refractivity contribution in [1.29, 1.82) is 0 Å². The summed E-state index contributed by atoms with van der Waals surface area (Å²) in [6.45, 7) is 0.953. The molecule has 1 nitrogen and oxygen atoms in total. The third-order valence-corrected chi connectivity index (χ3v) is 3.33. The quantitative estimate of drug-likeness (QED) is 0.787. The van der Waals surface area contributed by atoms with Gasteiger partial charge in [-0.1, -0.05) is 18.2 Å². The molecule has 1 aromatic rings. The standard InChI is InChI=1S/C13H20FNS/c1-15-10-11(7-8-16-2)9-12-5-3-4-6-13(12)14/h3-6,11,15H,7-10H2,1-2H3. The Labute approximate surface area is 102 Å². The normalized spacial score (nSPS) is 12.7. The number of hydrogen-bond donors (Lipinski definition) is 1. The van der Waals surface area contributed by atoms with Gasteiger partial charge in [-0.2, -0.15) is 11.8 Å². The minimum absolute atomic E-state index is 0.0762. The maximum absolute atomic E-state index is 13.5. The van der Waals surface area contributed by atoms with Crippen LogP contribution in [0.25, 0.3) is 0 Å². The lowest BCUT2D eigenvalue weighted by Gasteiger charge is -2.16. The second-order valence-corrected chi connectivity index (χ2v) is 4.99. The van der Waals surface area contributed by atoms with Crippen LogP contribution in [0.3, 0.4) is 0 Å². The van der Waals surface area contributed by atoms with Gasteiger partial charge in [0, 0.05) is 0 Å². The Morgan fingerprint density at radius 2 is 2.12 bits per heavy atom. The van der Waals surface area contributed by atoms with E-state index >= 15 is 0 Å². The molecule has 90 valence electrons. The molecule has 0 aliphatic rings. The molecule has 0 aromatic heterocycles. The van der Waals surface area contributed by atoms with E-state index in [1.165, 1.54) is 0 Å². The Hall–Kier alpha value is -0.540. The van der Waals surface area contributed by atoms with Crippen molar-refractivity contribution in [2.45, 2.75) is 12.8 Å². The summed E-state index contributed by atoms with van der Waals surface area (Å²) in [5.74, 6) is 1.59. The first-order valence-electron chi connectivity index (χ1n) is 5.65. The summed E-state index contributed by atoms with van der Waals surface area (Å²) in [5.41, 5.74) is 0.837. The molecule has 1 rings (SSSR count). The average molecular weight is 241 g/mol. The summed E-state index contributed by atoms with van der Waals surface area (Å²) >= 11 is 1.85. The van der Waals surface area contributed by atoms with Crippen LogP contribution in [0.2, 0.25) is 0 Å². The first-order valence-corrected chi connectivity index (χ1v) is 7.04. The lowest BCUT2D eigenvalue weighted by Crippen LogP contribution is -2.21. The number of benzene rings is 1. The molecule has 0 amide bonds. The molecule has 3 heteroatoms. The zero-order valence-electron chi connectivity index (χ0n) is 10.0. The molecule has 1 unspecified atom stereocenters. The monoisotopic (exact) mass is 241 g/mol. The van der Waals surface area contributed by atoms with Crippen molar-refractivity contribution >= 4 is 11.8 Å². The Morgan fingerprint density at radius 3 is 2.75 bits per heavy atom. The van der Waals surface area contributed by atoms with Crippen LogP contribution in [0.15, 0.2) is 24.3 Å². The Bertz CT molecular complexity index is 304. The predicted octanol–water partition coefficient (Wildman–Crippen LogP) is 2.96. The maximum atomic E-state index is 13.5. The molecule has 16 heavy (non-hydrogen) atoms. The Kier molecular flexibility index (Phi) is 6.50. The molecular formula is C13H20FNS. The molecule has 1 N–H and O–H groups in total. The molecule has 0 radical (unpaired) electrons. The summed E-state index contributed by atoms with van der Waals surface area (Å²) < 4.78 is 13.5.